The van der Waals surface area contributed by atoms with E-state index >= 15 is 0 Å². The van der Waals surface area contributed by atoms with Crippen LogP contribution in [-0.2, 0) is 12.8 Å². The molecule has 2 aromatic heterocycles. The summed E-state index contributed by atoms with van der Waals surface area (Å²) >= 11 is 17.5. The second-order valence-corrected chi connectivity index (χ2v) is 6.61. The van der Waals surface area contributed by atoms with Crippen molar-refractivity contribution in [3.05, 3.63) is 49.8 Å². The second kappa shape index (κ2) is 6.16. The minimum atomic E-state index is 0.383. The molecular weight excluding hydrogens is 367 g/mol. The predicted octanol–water partition coefficient (Wildman–Crippen LogP) is 4.01. The Hall–Kier alpha value is -1.96. The largest absolute Gasteiger partial charge is 0.282 e. The zero-order valence-corrected chi connectivity index (χ0v) is 14.7. The molecule has 0 fully saturated rings. The van der Waals surface area contributed by atoms with E-state index in [2.05, 4.69) is 25.5 Å². The van der Waals surface area contributed by atoms with Crippen LogP contribution in [0.25, 0.3) is 11.5 Å². The van der Waals surface area contributed by atoms with Crippen LogP contribution in [0.1, 0.15) is 23.2 Å². The van der Waals surface area contributed by atoms with Gasteiger partial charge in [0.2, 0.25) is 10.6 Å². The molecule has 4 rings (SSSR count). The van der Waals surface area contributed by atoms with Crippen LogP contribution in [0.3, 0.4) is 0 Å². The lowest BCUT2D eigenvalue weighted by Crippen LogP contribution is -1.97. The lowest BCUT2D eigenvalue weighted by atomic mass is 10.2. The number of aromatic nitrogens is 5. The monoisotopic (exact) mass is 378 g/mol. The second-order valence-electron chi connectivity index (χ2n) is 5.43. The molecule has 2 N–H and O–H groups in total. The number of rotatable bonds is 3. The molecule has 9 heteroatoms. The minimum absolute atomic E-state index is 0.383. The van der Waals surface area contributed by atoms with Gasteiger partial charge >= 0.3 is 0 Å². The zero-order valence-electron chi connectivity index (χ0n) is 12.4. The summed E-state index contributed by atoms with van der Waals surface area (Å²) in [7, 11) is 0. The van der Waals surface area contributed by atoms with Crippen LogP contribution >= 0.6 is 35.4 Å². The van der Waals surface area contributed by atoms with Crippen molar-refractivity contribution in [2.45, 2.75) is 19.3 Å². The SMILES string of the molecule is S=c1[nH]nc(-c2n[nH]c3c2CCC3)n1/N=C/c1cccc(Cl)c1Cl. The number of halogens is 2. The smallest absolute Gasteiger partial charge is 0.216 e. The highest BCUT2D eigenvalue weighted by molar-refractivity contribution is 7.71. The molecule has 0 bridgehead atoms. The van der Waals surface area contributed by atoms with E-state index in [0.29, 0.717) is 26.2 Å². The Labute approximate surface area is 152 Å². The van der Waals surface area contributed by atoms with Crippen LogP contribution in [0.5, 0.6) is 0 Å². The highest BCUT2D eigenvalue weighted by Gasteiger charge is 2.23. The summed E-state index contributed by atoms with van der Waals surface area (Å²) in [5.41, 5.74) is 3.82. The van der Waals surface area contributed by atoms with Gasteiger partial charge in [0.05, 0.1) is 16.3 Å². The van der Waals surface area contributed by atoms with Gasteiger partial charge in [0.15, 0.2) is 0 Å². The van der Waals surface area contributed by atoms with Gasteiger partial charge in [-0.3, -0.25) is 5.10 Å². The van der Waals surface area contributed by atoms with Gasteiger partial charge in [0.25, 0.3) is 0 Å². The number of nitrogens with zero attached hydrogens (tertiary/aromatic N) is 4. The van der Waals surface area contributed by atoms with E-state index in [4.69, 9.17) is 35.4 Å². The van der Waals surface area contributed by atoms with Gasteiger partial charge in [0, 0.05) is 16.8 Å². The number of fused-ring (bicyclic) bond motifs is 1. The number of hydrogen-bond donors (Lipinski definition) is 2. The maximum Gasteiger partial charge on any atom is 0.216 e. The minimum Gasteiger partial charge on any atom is -0.282 e. The molecule has 24 heavy (non-hydrogen) atoms. The summed E-state index contributed by atoms with van der Waals surface area (Å²) in [6.45, 7) is 0. The molecule has 0 saturated carbocycles. The summed E-state index contributed by atoms with van der Waals surface area (Å²) < 4.78 is 1.93. The molecule has 0 radical (unpaired) electrons. The highest BCUT2D eigenvalue weighted by Crippen LogP contribution is 2.29. The quantitative estimate of drug-likeness (QED) is 0.533. The molecule has 122 valence electrons. The van der Waals surface area contributed by atoms with Gasteiger partial charge < -0.3 is 0 Å². The van der Waals surface area contributed by atoms with E-state index in [0.717, 1.165) is 30.7 Å². The Morgan fingerprint density at radius 3 is 2.96 bits per heavy atom. The standard InChI is InChI=1S/C15H12Cl2N6S/c16-10-5-1-3-8(12(10)17)7-18-23-14(21-22-15(23)24)13-9-4-2-6-11(9)19-20-13/h1,3,5,7H,2,4,6H2,(H,19,20)(H,22,24)/b18-7+. The van der Waals surface area contributed by atoms with Gasteiger partial charge in [0.1, 0.15) is 5.69 Å². The van der Waals surface area contributed by atoms with Gasteiger partial charge in [-0.25, -0.2) is 5.10 Å². The fourth-order valence-corrected chi connectivity index (χ4v) is 3.33. The molecule has 0 spiro atoms. The van der Waals surface area contributed by atoms with Crippen LogP contribution in [0.2, 0.25) is 10.0 Å². The summed E-state index contributed by atoms with van der Waals surface area (Å²) in [4.78, 5) is 0. The molecule has 6 nitrogen and oxygen atoms in total. The first-order chi connectivity index (χ1) is 11.6. The van der Waals surface area contributed by atoms with Crippen molar-refractivity contribution in [3.63, 3.8) is 0 Å². The van der Waals surface area contributed by atoms with E-state index in [1.807, 2.05) is 12.1 Å². The van der Waals surface area contributed by atoms with Crippen molar-refractivity contribution in [2.24, 2.45) is 5.10 Å². The fourth-order valence-electron chi connectivity index (χ4n) is 2.80. The first-order valence-electron chi connectivity index (χ1n) is 7.37. The zero-order chi connectivity index (χ0) is 16.7. The third-order valence-corrected chi connectivity index (χ3v) is 5.06. The van der Waals surface area contributed by atoms with Crippen molar-refractivity contribution in [3.8, 4) is 11.5 Å². The Morgan fingerprint density at radius 1 is 1.21 bits per heavy atom. The molecule has 1 aromatic carbocycles. The van der Waals surface area contributed by atoms with E-state index in [1.165, 1.54) is 5.56 Å². The van der Waals surface area contributed by atoms with E-state index in [-0.39, 0.29) is 0 Å². The molecule has 3 aromatic rings. The van der Waals surface area contributed by atoms with Crippen LogP contribution in [0.4, 0.5) is 0 Å². The maximum absolute atomic E-state index is 6.19. The third kappa shape index (κ3) is 2.58. The number of hydrogen-bond acceptors (Lipinski definition) is 4. The number of benzene rings is 1. The third-order valence-electron chi connectivity index (χ3n) is 3.96. The highest BCUT2D eigenvalue weighted by atomic mass is 35.5. The average Bonchev–Trinajstić information content (AvgIpc) is 3.25. The van der Waals surface area contributed by atoms with Crippen LogP contribution < -0.4 is 0 Å². The summed E-state index contributed by atoms with van der Waals surface area (Å²) in [6.07, 6.45) is 4.71. The fraction of sp³-hybridized carbons (Fsp3) is 0.200. The Morgan fingerprint density at radius 2 is 2.08 bits per heavy atom. The van der Waals surface area contributed by atoms with Gasteiger partial charge in [-0.1, -0.05) is 35.3 Å². The molecule has 1 aliphatic carbocycles. The Bertz CT molecular complexity index is 1000. The topological polar surface area (TPSA) is 74.7 Å². The molecule has 0 unspecified atom stereocenters. The normalized spacial score (nSPS) is 13.8. The number of nitrogens with one attached hydrogen (secondary N) is 2. The van der Waals surface area contributed by atoms with Crippen molar-refractivity contribution >= 4 is 41.6 Å². The summed E-state index contributed by atoms with van der Waals surface area (Å²) in [5, 5.41) is 19.8. The van der Waals surface area contributed by atoms with Crippen molar-refractivity contribution in [2.75, 3.05) is 0 Å². The lowest BCUT2D eigenvalue weighted by molar-refractivity contribution is 0.844. The molecular formula is C15H12Cl2N6S. The maximum atomic E-state index is 6.19. The molecule has 0 atom stereocenters. The average molecular weight is 379 g/mol. The van der Waals surface area contributed by atoms with Gasteiger partial charge in [-0.2, -0.15) is 20.0 Å². The molecule has 2 heterocycles. The van der Waals surface area contributed by atoms with Crippen molar-refractivity contribution in [1.82, 2.24) is 25.1 Å². The van der Waals surface area contributed by atoms with Crippen molar-refractivity contribution < 1.29 is 0 Å². The molecule has 0 saturated heterocycles. The number of H-pyrrole nitrogens is 2. The molecule has 0 amide bonds. The van der Waals surface area contributed by atoms with E-state index in [9.17, 15) is 0 Å². The van der Waals surface area contributed by atoms with Crippen LogP contribution in [-0.4, -0.2) is 31.3 Å². The first kappa shape index (κ1) is 15.6. The first-order valence-corrected chi connectivity index (χ1v) is 8.54. The Balaban J connectivity index is 1.77. The predicted molar refractivity (Wildman–Crippen MR) is 96.5 cm³/mol. The van der Waals surface area contributed by atoms with Crippen LogP contribution in [0.15, 0.2) is 23.3 Å². The molecule has 1 aliphatic rings. The summed E-state index contributed by atoms with van der Waals surface area (Å²) in [6, 6.07) is 5.36. The lowest BCUT2D eigenvalue weighted by Gasteiger charge is -2.01. The van der Waals surface area contributed by atoms with Gasteiger partial charge in [-0.05, 0) is 37.5 Å². The van der Waals surface area contributed by atoms with Crippen LogP contribution in [0, 0.1) is 4.77 Å². The number of aryl methyl sites for hydroxylation is 1. The van der Waals surface area contributed by atoms with Gasteiger partial charge in [-0.15, -0.1) is 0 Å². The number of aromatic amines is 2. The van der Waals surface area contributed by atoms with E-state index in [1.54, 1.807) is 17.0 Å². The molecule has 0 aliphatic heterocycles. The van der Waals surface area contributed by atoms with Crippen molar-refractivity contribution in [1.29, 1.82) is 0 Å². The Kier molecular flexibility index (Phi) is 3.99. The summed E-state index contributed by atoms with van der Waals surface area (Å²) in [5.74, 6) is 0.578. The van der Waals surface area contributed by atoms with E-state index < -0.39 is 0 Å².